The smallest absolute Gasteiger partial charge is 0.264 e. The van der Waals surface area contributed by atoms with Gasteiger partial charge in [-0.3, -0.25) is 13.9 Å². The van der Waals surface area contributed by atoms with Crippen molar-refractivity contribution in [3.05, 3.63) is 83.4 Å². The lowest BCUT2D eigenvalue weighted by Gasteiger charge is -2.33. The maximum absolute atomic E-state index is 14.2. The van der Waals surface area contributed by atoms with E-state index in [0.29, 0.717) is 11.4 Å². The number of amides is 2. The SMILES string of the molecule is COc1ccc(S(=O)(=O)N(CC(=O)N(Cc2ccc(C)cc2)[C@H](C)C(=O)NC2CCCCC2)c2ccc(C)cc2)cc1OC. The molecule has 1 fully saturated rings. The zero-order valence-electron chi connectivity index (χ0n) is 26.2. The molecule has 0 heterocycles. The van der Waals surface area contributed by atoms with Crippen molar-refractivity contribution < 1.29 is 27.5 Å². The highest BCUT2D eigenvalue weighted by Gasteiger charge is 2.33. The fraction of sp³-hybridized carbons (Fsp3) is 0.412. The van der Waals surface area contributed by atoms with Gasteiger partial charge in [-0.2, -0.15) is 0 Å². The molecule has 10 heteroatoms. The lowest BCUT2D eigenvalue weighted by Crippen LogP contribution is -2.53. The van der Waals surface area contributed by atoms with Gasteiger partial charge in [0.15, 0.2) is 11.5 Å². The van der Waals surface area contributed by atoms with E-state index in [1.807, 2.05) is 38.1 Å². The number of benzene rings is 3. The van der Waals surface area contributed by atoms with Gasteiger partial charge in [-0.1, -0.05) is 66.8 Å². The summed E-state index contributed by atoms with van der Waals surface area (Å²) in [5.74, 6) is -0.118. The summed E-state index contributed by atoms with van der Waals surface area (Å²) in [6, 6.07) is 18.2. The van der Waals surface area contributed by atoms with Crippen LogP contribution in [0, 0.1) is 13.8 Å². The van der Waals surface area contributed by atoms with E-state index >= 15 is 0 Å². The Morgan fingerprint density at radius 2 is 1.45 bits per heavy atom. The average Bonchev–Trinajstić information content (AvgIpc) is 3.03. The van der Waals surface area contributed by atoms with Crippen molar-refractivity contribution in [2.24, 2.45) is 0 Å². The molecular formula is C34H43N3O6S. The summed E-state index contributed by atoms with van der Waals surface area (Å²) in [6.45, 7) is 5.22. The number of anilines is 1. The standard InChI is InChI=1S/C34H43N3O6S/c1-24-11-15-27(16-12-24)22-36(26(3)34(39)35-28-9-7-6-8-10-28)33(38)23-37(29-17-13-25(2)14-18-29)44(40,41)30-19-20-31(42-4)32(21-30)43-5/h11-21,26,28H,6-10,22-23H2,1-5H3,(H,35,39)/t26-/m1/s1. The molecule has 0 radical (unpaired) electrons. The van der Waals surface area contributed by atoms with Crippen molar-refractivity contribution in [2.75, 3.05) is 25.1 Å². The minimum Gasteiger partial charge on any atom is -0.493 e. The van der Waals surface area contributed by atoms with E-state index in [1.54, 1.807) is 31.2 Å². The highest BCUT2D eigenvalue weighted by molar-refractivity contribution is 7.92. The Hall–Kier alpha value is -4.05. The number of methoxy groups -OCH3 is 2. The molecule has 2 amide bonds. The van der Waals surface area contributed by atoms with Crippen molar-refractivity contribution in [1.82, 2.24) is 10.2 Å². The molecule has 3 aromatic carbocycles. The van der Waals surface area contributed by atoms with Gasteiger partial charge < -0.3 is 19.7 Å². The first-order valence-corrected chi connectivity index (χ1v) is 16.4. The van der Waals surface area contributed by atoms with Gasteiger partial charge in [0.1, 0.15) is 12.6 Å². The minimum absolute atomic E-state index is 0.0586. The topological polar surface area (TPSA) is 105 Å². The normalized spacial score (nSPS) is 14.4. The van der Waals surface area contributed by atoms with Gasteiger partial charge in [-0.05, 0) is 63.4 Å². The Kier molecular flexibility index (Phi) is 10.9. The molecule has 9 nitrogen and oxygen atoms in total. The molecule has 1 atom stereocenters. The van der Waals surface area contributed by atoms with Crippen molar-refractivity contribution >= 4 is 27.5 Å². The van der Waals surface area contributed by atoms with Crippen LogP contribution in [-0.2, 0) is 26.2 Å². The number of nitrogens with zero attached hydrogens (tertiary/aromatic N) is 2. The third kappa shape index (κ3) is 7.91. The number of ether oxygens (including phenoxy) is 2. The first kappa shape index (κ1) is 32.9. The fourth-order valence-electron chi connectivity index (χ4n) is 5.39. The van der Waals surface area contributed by atoms with Crippen LogP contribution in [0.15, 0.2) is 71.6 Å². The molecule has 0 spiro atoms. The molecule has 1 aliphatic rings. The Balaban J connectivity index is 1.70. The molecule has 236 valence electrons. The highest BCUT2D eigenvalue weighted by Crippen LogP contribution is 2.32. The molecule has 4 rings (SSSR count). The van der Waals surface area contributed by atoms with E-state index in [-0.39, 0.29) is 29.1 Å². The summed E-state index contributed by atoms with van der Waals surface area (Å²) >= 11 is 0. The second-order valence-corrected chi connectivity index (χ2v) is 13.3. The number of hydrogen-bond donors (Lipinski definition) is 1. The van der Waals surface area contributed by atoms with Crippen LogP contribution in [-0.4, -0.2) is 58.0 Å². The molecule has 44 heavy (non-hydrogen) atoms. The van der Waals surface area contributed by atoms with Crippen LogP contribution in [0.1, 0.15) is 55.7 Å². The molecule has 0 bridgehead atoms. The largest absolute Gasteiger partial charge is 0.493 e. The van der Waals surface area contributed by atoms with Crippen molar-refractivity contribution in [2.45, 2.75) is 76.4 Å². The zero-order valence-corrected chi connectivity index (χ0v) is 27.0. The number of nitrogens with one attached hydrogen (secondary N) is 1. The predicted octanol–water partition coefficient (Wildman–Crippen LogP) is 5.38. The van der Waals surface area contributed by atoms with Gasteiger partial charge in [-0.15, -0.1) is 0 Å². The van der Waals surface area contributed by atoms with Crippen LogP contribution >= 0.6 is 0 Å². The zero-order chi connectivity index (χ0) is 31.9. The summed E-state index contributed by atoms with van der Waals surface area (Å²) in [6.07, 6.45) is 5.10. The number of carbonyl (C=O) groups is 2. The Morgan fingerprint density at radius 3 is 2.05 bits per heavy atom. The average molecular weight is 622 g/mol. The predicted molar refractivity (Wildman–Crippen MR) is 171 cm³/mol. The second-order valence-electron chi connectivity index (χ2n) is 11.4. The van der Waals surface area contributed by atoms with Gasteiger partial charge in [0.2, 0.25) is 11.8 Å². The number of rotatable bonds is 12. The van der Waals surface area contributed by atoms with Crippen LogP contribution in [0.5, 0.6) is 11.5 Å². The molecule has 3 aromatic rings. The number of aryl methyl sites for hydroxylation is 2. The summed E-state index contributed by atoms with van der Waals surface area (Å²) in [5.41, 5.74) is 3.18. The summed E-state index contributed by atoms with van der Waals surface area (Å²) in [5, 5.41) is 3.13. The van der Waals surface area contributed by atoms with Gasteiger partial charge >= 0.3 is 0 Å². The lowest BCUT2D eigenvalue weighted by molar-refractivity contribution is -0.139. The first-order chi connectivity index (χ1) is 21.0. The first-order valence-electron chi connectivity index (χ1n) is 15.0. The third-order valence-corrected chi connectivity index (χ3v) is 9.91. The van der Waals surface area contributed by atoms with Crippen molar-refractivity contribution in [1.29, 1.82) is 0 Å². The second kappa shape index (κ2) is 14.6. The van der Waals surface area contributed by atoms with Crippen molar-refractivity contribution in [3.8, 4) is 11.5 Å². The molecule has 0 unspecified atom stereocenters. The van der Waals surface area contributed by atoms with Gasteiger partial charge in [-0.25, -0.2) is 8.42 Å². The van der Waals surface area contributed by atoms with Crippen LogP contribution in [0.25, 0.3) is 0 Å². The Morgan fingerprint density at radius 1 is 0.864 bits per heavy atom. The maximum Gasteiger partial charge on any atom is 0.264 e. The van der Waals surface area contributed by atoms with E-state index in [4.69, 9.17) is 9.47 Å². The van der Waals surface area contributed by atoms with E-state index in [2.05, 4.69) is 5.32 Å². The third-order valence-electron chi connectivity index (χ3n) is 8.14. The van der Waals surface area contributed by atoms with E-state index in [0.717, 1.165) is 53.1 Å². The summed E-state index contributed by atoms with van der Waals surface area (Å²) in [4.78, 5) is 29.1. The Labute approximate surface area is 261 Å². The highest BCUT2D eigenvalue weighted by atomic mass is 32.2. The minimum atomic E-state index is -4.25. The molecule has 1 aliphatic carbocycles. The van der Waals surface area contributed by atoms with Gasteiger partial charge in [0, 0.05) is 18.7 Å². The molecule has 1 saturated carbocycles. The van der Waals surface area contributed by atoms with Gasteiger partial charge in [0.25, 0.3) is 10.0 Å². The molecular weight excluding hydrogens is 578 g/mol. The lowest BCUT2D eigenvalue weighted by atomic mass is 9.95. The molecule has 1 N–H and O–H groups in total. The quantitative estimate of drug-likeness (QED) is 0.291. The number of hydrogen-bond acceptors (Lipinski definition) is 6. The van der Waals surface area contributed by atoms with E-state index in [9.17, 15) is 18.0 Å². The van der Waals surface area contributed by atoms with E-state index < -0.39 is 28.5 Å². The van der Waals surface area contributed by atoms with Crippen molar-refractivity contribution in [3.63, 3.8) is 0 Å². The molecule has 0 aliphatic heterocycles. The number of sulfonamides is 1. The Bertz CT molecular complexity index is 1530. The van der Waals surface area contributed by atoms with Crippen LogP contribution in [0.3, 0.4) is 0 Å². The number of carbonyl (C=O) groups excluding carboxylic acids is 2. The fourth-order valence-corrected chi connectivity index (χ4v) is 6.82. The molecule has 0 saturated heterocycles. The van der Waals surface area contributed by atoms with Crippen LogP contribution < -0.4 is 19.1 Å². The summed E-state index contributed by atoms with van der Waals surface area (Å²) in [7, 11) is -1.35. The van der Waals surface area contributed by atoms with Crippen LogP contribution in [0.4, 0.5) is 5.69 Å². The molecule has 0 aromatic heterocycles. The van der Waals surface area contributed by atoms with Gasteiger partial charge in [0.05, 0.1) is 24.8 Å². The summed E-state index contributed by atoms with van der Waals surface area (Å²) < 4.78 is 40.1. The van der Waals surface area contributed by atoms with E-state index in [1.165, 1.54) is 37.3 Å². The monoisotopic (exact) mass is 621 g/mol. The van der Waals surface area contributed by atoms with Crippen LogP contribution in [0.2, 0.25) is 0 Å². The maximum atomic E-state index is 14.2.